The molecule has 0 amide bonds. The molecule has 3 rings (SSSR count). The lowest BCUT2D eigenvalue weighted by molar-refractivity contribution is 0.683. The average Bonchev–Trinajstić information content (AvgIpc) is 2.95. The molecule has 1 aromatic carbocycles. The first kappa shape index (κ1) is 13.4. The third-order valence-corrected chi connectivity index (χ3v) is 5.22. The van der Waals surface area contributed by atoms with Gasteiger partial charge < -0.3 is 5.32 Å². The summed E-state index contributed by atoms with van der Waals surface area (Å²) in [5, 5.41) is 5.80. The van der Waals surface area contributed by atoms with Gasteiger partial charge in [-0.15, -0.1) is 11.3 Å². The van der Waals surface area contributed by atoms with E-state index in [1.54, 1.807) is 11.3 Å². The van der Waals surface area contributed by atoms with Crippen LogP contribution in [0, 0.1) is 0 Å². The number of nitrogens with one attached hydrogen (secondary N) is 1. The molecular weight excluding hydrogens is 299 g/mol. The molecule has 100 valence electrons. The second-order valence-electron chi connectivity index (χ2n) is 4.66. The van der Waals surface area contributed by atoms with Crippen molar-refractivity contribution in [1.82, 2.24) is 10.3 Å². The topological polar surface area (TPSA) is 24.9 Å². The fraction of sp³-hybridized carbons (Fsp3) is 0.357. The summed E-state index contributed by atoms with van der Waals surface area (Å²) in [5.41, 5.74) is 2.25. The van der Waals surface area contributed by atoms with Gasteiger partial charge in [-0.05, 0) is 50.1 Å². The quantitative estimate of drug-likeness (QED) is 0.916. The van der Waals surface area contributed by atoms with Gasteiger partial charge in [0, 0.05) is 14.9 Å². The van der Waals surface area contributed by atoms with Gasteiger partial charge in [-0.1, -0.05) is 23.2 Å². The molecule has 1 aliphatic carbocycles. The predicted molar refractivity (Wildman–Crippen MR) is 81.5 cm³/mol. The van der Waals surface area contributed by atoms with Gasteiger partial charge >= 0.3 is 0 Å². The molecule has 19 heavy (non-hydrogen) atoms. The number of halogens is 2. The van der Waals surface area contributed by atoms with Gasteiger partial charge in [0.2, 0.25) is 0 Å². The molecule has 0 fully saturated rings. The van der Waals surface area contributed by atoms with E-state index < -0.39 is 0 Å². The zero-order valence-corrected chi connectivity index (χ0v) is 12.9. The molecule has 2 aromatic rings. The van der Waals surface area contributed by atoms with Crippen LogP contribution in [0.3, 0.4) is 0 Å². The number of benzene rings is 1. The minimum atomic E-state index is 0.0156. The number of hydrogen-bond donors (Lipinski definition) is 1. The molecule has 1 atom stereocenters. The molecule has 0 saturated carbocycles. The van der Waals surface area contributed by atoms with Crippen molar-refractivity contribution in [2.45, 2.75) is 25.3 Å². The summed E-state index contributed by atoms with van der Waals surface area (Å²) in [7, 11) is 1.93. The van der Waals surface area contributed by atoms with Gasteiger partial charge in [0.25, 0.3) is 0 Å². The molecular formula is C14H14Cl2N2S. The van der Waals surface area contributed by atoms with Crippen LogP contribution in [-0.4, -0.2) is 12.0 Å². The van der Waals surface area contributed by atoms with E-state index >= 15 is 0 Å². The fourth-order valence-electron chi connectivity index (χ4n) is 2.48. The Balaban J connectivity index is 2.01. The van der Waals surface area contributed by atoms with Gasteiger partial charge in [-0.25, -0.2) is 4.98 Å². The molecule has 1 N–H and O–H groups in total. The number of thiazole rings is 1. The Hall–Kier alpha value is -0.610. The zero-order valence-electron chi connectivity index (χ0n) is 10.5. The van der Waals surface area contributed by atoms with Crippen LogP contribution in [0.5, 0.6) is 0 Å². The van der Waals surface area contributed by atoms with E-state index in [1.165, 1.54) is 17.0 Å². The van der Waals surface area contributed by atoms with Crippen LogP contribution >= 0.6 is 34.5 Å². The van der Waals surface area contributed by atoms with Crippen molar-refractivity contribution >= 4 is 34.5 Å². The summed E-state index contributed by atoms with van der Waals surface area (Å²) in [6, 6.07) is 5.58. The zero-order chi connectivity index (χ0) is 13.4. The number of aryl methyl sites for hydroxylation is 2. The van der Waals surface area contributed by atoms with Crippen LogP contribution in [0.2, 0.25) is 10.0 Å². The molecule has 1 heterocycles. The summed E-state index contributed by atoms with van der Waals surface area (Å²) in [6.07, 6.45) is 3.49. The van der Waals surface area contributed by atoms with E-state index in [9.17, 15) is 0 Å². The molecule has 0 saturated heterocycles. The van der Waals surface area contributed by atoms with Gasteiger partial charge in [0.1, 0.15) is 5.01 Å². The Labute approximate surface area is 126 Å². The Kier molecular flexibility index (Phi) is 3.81. The Bertz CT molecular complexity index is 588. The van der Waals surface area contributed by atoms with Crippen molar-refractivity contribution in [2.75, 3.05) is 7.05 Å². The van der Waals surface area contributed by atoms with Crippen LogP contribution in [0.25, 0.3) is 0 Å². The van der Waals surface area contributed by atoms with Gasteiger partial charge in [0.15, 0.2) is 0 Å². The monoisotopic (exact) mass is 312 g/mol. The first-order valence-corrected chi connectivity index (χ1v) is 7.87. The summed E-state index contributed by atoms with van der Waals surface area (Å²) in [4.78, 5) is 6.19. The van der Waals surface area contributed by atoms with Crippen LogP contribution < -0.4 is 5.32 Å². The largest absolute Gasteiger partial charge is 0.307 e. The van der Waals surface area contributed by atoms with Crippen LogP contribution in [0.15, 0.2) is 18.2 Å². The minimum absolute atomic E-state index is 0.0156. The van der Waals surface area contributed by atoms with E-state index in [-0.39, 0.29) is 6.04 Å². The lowest BCUT2D eigenvalue weighted by Crippen LogP contribution is -2.18. The highest BCUT2D eigenvalue weighted by Crippen LogP contribution is 2.36. The Morgan fingerprint density at radius 3 is 2.89 bits per heavy atom. The van der Waals surface area contributed by atoms with Crippen LogP contribution in [0.4, 0.5) is 0 Å². The molecule has 1 unspecified atom stereocenters. The lowest BCUT2D eigenvalue weighted by Gasteiger charge is -2.16. The average molecular weight is 313 g/mol. The normalized spacial score (nSPS) is 15.5. The third kappa shape index (κ3) is 2.52. The molecule has 0 radical (unpaired) electrons. The SMILES string of the molecule is CNC(c1nc2c(s1)CCC2)c1cc(Cl)ccc1Cl. The summed E-state index contributed by atoms with van der Waals surface area (Å²) in [6.45, 7) is 0. The number of hydrogen-bond acceptors (Lipinski definition) is 3. The second kappa shape index (κ2) is 5.41. The third-order valence-electron chi connectivity index (χ3n) is 3.42. The predicted octanol–water partition coefficient (Wildman–Crippen LogP) is 4.25. The minimum Gasteiger partial charge on any atom is -0.307 e. The Morgan fingerprint density at radius 1 is 1.32 bits per heavy atom. The van der Waals surface area contributed by atoms with Crippen molar-refractivity contribution < 1.29 is 0 Å². The van der Waals surface area contributed by atoms with Gasteiger partial charge in [0.05, 0.1) is 11.7 Å². The lowest BCUT2D eigenvalue weighted by atomic mass is 10.1. The van der Waals surface area contributed by atoms with Gasteiger partial charge in [-0.2, -0.15) is 0 Å². The molecule has 0 spiro atoms. The fourth-order valence-corrected chi connectivity index (χ4v) is 4.17. The van der Waals surface area contributed by atoms with Crippen molar-refractivity contribution in [3.8, 4) is 0 Å². The summed E-state index contributed by atoms with van der Waals surface area (Å²) < 4.78 is 0. The molecule has 1 aromatic heterocycles. The first-order chi connectivity index (χ1) is 9.19. The van der Waals surface area contributed by atoms with Crippen molar-refractivity contribution in [1.29, 1.82) is 0 Å². The highest BCUT2D eigenvalue weighted by atomic mass is 35.5. The maximum Gasteiger partial charge on any atom is 0.115 e. The van der Waals surface area contributed by atoms with Crippen molar-refractivity contribution in [3.05, 3.63) is 49.4 Å². The number of aromatic nitrogens is 1. The van der Waals surface area contributed by atoms with E-state index in [0.717, 1.165) is 28.4 Å². The summed E-state index contributed by atoms with van der Waals surface area (Å²) >= 11 is 14.2. The second-order valence-corrected chi connectivity index (χ2v) is 6.62. The van der Waals surface area contributed by atoms with E-state index in [1.807, 2.05) is 25.2 Å². The molecule has 2 nitrogen and oxygen atoms in total. The van der Waals surface area contributed by atoms with E-state index in [4.69, 9.17) is 28.2 Å². The molecule has 5 heteroatoms. The number of fused-ring (bicyclic) bond motifs is 1. The van der Waals surface area contributed by atoms with E-state index in [2.05, 4.69) is 5.32 Å². The van der Waals surface area contributed by atoms with E-state index in [0.29, 0.717) is 5.02 Å². The smallest absolute Gasteiger partial charge is 0.115 e. The van der Waals surface area contributed by atoms with Gasteiger partial charge in [-0.3, -0.25) is 0 Å². The summed E-state index contributed by atoms with van der Waals surface area (Å²) in [5.74, 6) is 0. The molecule has 0 aliphatic heterocycles. The number of nitrogens with zero attached hydrogens (tertiary/aromatic N) is 1. The maximum absolute atomic E-state index is 6.29. The molecule has 1 aliphatic rings. The standard InChI is InChI=1S/C14H14Cl2N2S/c1-17-13(9-7-8(15)5-6-10(9)16)14-18-11-3-2-4-12(11)19-14/h5-7,13,17H,2-4H2,1H3. The Morgan fingerprint density at radius 2 is 2.16 bits per heavy atom. The highest BCUT2D eigenvalue weighted by Gasteiger charge is 2.23. The number of rotatable bonds is 3. The van der Waals surface area contributed by atoms with Crippen molar-refractivity contribution in [2.24, 2.45) is 0 Å². The highest BCUT2D eigenvalue weighted by molar-refractivity contribution is 7.11. The van der Waals surface area contributed by atoms with Crippen LogP contribution in [0.1, 0.15) is 33.6 Å². The first-order valence-electron chi connectivity index (χ1n) is 6.29. The maximum atomic E-state index is 6.29. The van der Waals surface area contributed by atoms with Crippen molar-refractivity contribution in [3.63, 3.8) is 0 Å². The van der Waals surface area contributed by atoms with Crippen LogP contribution in [-0.2, 0) is 12.8 Å². The molecule has 0 bridgehead atoms.